The van der Waals surface area contributed by atoms with Crippen LogP contribution in [0.15, 0.2) is 72.8 Å². The average molecular weight is 530 g/mol. The molecule has 0 fully saturated rings. The fraction of sp³-hybridized carbons (Fsp3) is 0.235. The Kier molecular flexibility index (Phi) is 7.23. The van der Waals surface area contributed by atoms with Crippen molar-refractivity contribution >= 4 is 40.1 Å². The summed E-state index contributed by atoms with van der Waals surface area (Å²) < 4.78 is 5.69. The monoisotopic (exact) mass is 529 g/mol. The van der Waals surface area contributed by atoms with E-state index in [0.29, 0.717) is 34.1 Å². The maximum atomic E-state index is 13.6. The van der Waals surface area contributed by atoms with Gasteiger partial charge in [-0.3, -0.25) is 4.79 Å². The predicted octanol–water partition coefficient (Wildman–Crippen LogP) is 7.07. The SMILES string of the molecule is CC(OC(=O)c1c2c(nc3ccccc13)/C(=C\c1ccc(C(C)(C)C)cc1)CC2)C(=O)Nc1ccccc1C#N. The van der Waals surface area contributed by atoms with E-state index in [0.717, 1.165) is 28.8 Å². The maximum absolute atomic E-state index is 13.6. The van der Waals surface area contributed by atoms with Crippen LogP contribution < -0.4 is 5.32 Å². The molecule has 1 amide bonds. The number of ether oxygens (including phenoxy) is 1. The molecule has 0 aliphatic heterocycles. The van der Waals surface area contributed by atoms with Crippen LogP contribution >= 0.6 is 0 Å². The number of aromatic nitrogens is 1. The minimum absolute atomic E-state index is 0.0779. The Morgan fingerprint density at radius 3 is 2.42 bits per heavy atom. The van der Waals surface area contributed by atoms with Gasteiger partial charge in [-0.05, 0) is 71.7 Å². The third-order valence-corrected chi connectivity index (χ3v) is 7.22. The molecule has 6 nitrogen and oxygen atoms in total. The van der Waals surface area contributed by atoms with Crippen LogP contribution in [0.4, 0.5) is 5.69 Å². The smallest absolute Gasteiger partial charge is 0.339 e. The summed E-state index contributed by atoms with van der Waals surface area (Å²) in [5.74, 6) is -1.08. The van der Waals surface area contributed by atoms with Gasteiger partial charge in [0.15, 0.2) is 6.10 Å². The lowest BCUT2D eigenvalue weighted by Crippen LogP contribution is -2.30. The fourth-order valence-electron chi connectivity index (χ4n) is 4.99. The van der Waals surface area contributed by atoms with Crippen molar-refractivity contribution in [2.24, 2.45) is 0 Å². The van der Waals surface area contributed by atoms with E-state index in [1.165, 1.54) is 12.5 Å². The van der Waals surface area contributed by atoms with Crippen LogP contribution in [0, 0.1) is 11.3 Å². The Balaban J connectivity index is 1.45. The zero-order valence-corrected chi connectivity index (χ0v) is 23.1. The Hall–Kier alpha value is -4.76. The van der Waals surface area contributed by atoms with E-state index < -0.39 is 18.0 Å². The zero-order valence-electron chi connectivity index (χ0n) is 23.1. The van der Waals surface area contributed by atoms with E-state index in [-0.39, 0.29) is 5.41 Å². The quantitative estimate of drug-likeness (QED) is 0.279. The third kappa shape index (κ3) is 5.37. The number of pyridine rings is 1. The molecule has 1 atom stereocenters. The number of nitriles is 1. The lowest BCUT2D eigenvalue weighted by atomic mass is 9.86. The van der Waals surface area contributed by atoms with E-state index in [9.17, 15) is 14.9 Å². The second kappa shape index (κ2) is 10.8. The lowest BCUT2D eigenvalue weighted by Gasteiger charge is -2.18. The molecule has 200 valence electrons. The number of para-hydroxylation sites is 2. The van der Waals surface area contributed by atoms with E-state index in [1.54, 1.807) is 24.3 Å². The predicted molar refractivity (Wildman–Crippen MR) is 158 cm³/mol. The van der Waals surface area contributed by atoms with Crippen LogP contribution in [0.25, 0.3) is 22.6 Å². The molecular formula is C34H31N3O3. The van der Waals surface area contributed by atoms with Crippen molar-refractivity contribution in [2.45, 2.75) is 52.1 Å². The van der Waals surface area contributed by atoms with Gasteiger partial charge >= 0.3 is 5.97 Å². The highest BCUT2D eigenvalue weighted by Crippen LogP contribution is 2.38. The topological polar surface area (TPSA) is 92.1 Å². The summed E-state index contributed by atoms with van der Waals surface area (Å²) >= 11 is 0. The minimum Gasteiger partial charge on any atom is -0.449 e. The average Bonchev–Trinajstić information content (AvgIpc) is 3.33. The summed E-state index contributed by atoms with van der Waals surface area (Å²) in [5, 5.41) is 12.7. The molecule has 0 saturated heterocycles. The first-order valence-corrected chi connectivity index (χ1v) is 13.4. The number of hydrogen-bond acceptors (Lipinski definition) is 5. The number of amides is 1. The van der Waals surface area contributed by atoms with Crippen LogP contribution in [0.1, 0.15) is 72.4 Å². The van der Waals surface area contributed by atoms with Gasteiger partial charge in [-0.25, -0.2) is 9.78 Å². The number of carbonyl (C=O) groups is 2. The summed E-state index contributed by atoms with van der Waals surface area (Å²) in [6.45, 7) is 8.11. The van der Waals surface area contributed by atoms with E-state index >= 15 is 0 Å². The van der Waals surface area contributed by atoms with Crippen LogP contribution in [-0.4, -0.2) is 23.0 Å². The number of nitrogens with zero attached hydrogens (tertiary/aromatic N) is 2. The van der Waals surface area contributed by atoms with E-state index in [1.807, 2.05) is 24.3 Å². The van der Waals surface area contributed by atoms with Gasteiger partial charge in [0, 0.05) is 5.39 Å². The van der Waals surface area contributed by atoms with Crippen molar-refractivity contribution in [3.63, 3.8) is 0 Å². The van der Waals surface area contributed by atoms with Gasteiger partial charge in [-0.2, -0.15) is 5.26 Å². The number of allylic oxidation sites excluding steroid dienone is 1. The minimum atomic E-state index is -1.07. The van der Waals surface area contributed by atoms with Gasteiger partial charge in [-0.15, -0.1) is 0 Å². The fourth-order valence-corrected chi connectivity index (χ4v) is 4.99. The lowest BCUT2D eigenvalue weighted by molar-refractivity contribution is -0.123. The van der Waals surface area contributed by atoms with Crippen LogP contribution in [0.5, 0.6) is 0 Å². The standard InChI is InChI=1S/C34H31N3O3/c1-21(32(38)37-28-11-7-5-9-24(28)20-35)40-33(39)30-26-10-6-8-12-29(26)36-31-23(15-18-27(30)31)19-22-13-16-25(17-14-22)34(2,3)4/h5-14,16-17,19,21H,15,18H2,1-4H3,(H,37,38)/b23-19-. The Morgan fingerprint density at radius 2 is 1.70 bits per heavy atom. The molecule has 3 aromatic carbocycles. The molecule has 1 aliphatic rings. The molecule has 1 aliphatic carbocycles. The molecule has 1 aromatic heterocycles. The van der Waals surface area contributed by atoms with Crippen molar-refractivity contribution in [3.8, 4) is 6.07 Å². The summed E-state index contributed by atoms with van der Waals surface area (Å²) in [6, 6.07) is 24.8. The molecule has 6 heteroatoms. The third-order valence-electron chi connectivity index (χ3n) is 7.22. The van der Waals surface area contributed by atoms with Gasteiger partial charge in [-0.1, -0.05) is 75.4 Å². The molecule has 40 heavy (non-hydrogen) atoms. The number of rotatable bonds is 5. The first kappa shape index (κ1) is 26.8. The molecule has 0 radical (unpaired) electrons. The molecule has 0 spiro atoms. The highest BCUT2D eigenvalue weighted by atomic mass is 16.5. The molecule has 1 unspecified atom stereocenters. The molecule has 1 heterocycles. The first-order chi connectivity index (χ1) is 19.2. The molecule has 4 aromatic rings. The van der Waals surface area contributed by atoms with Crippen LogP contribution in [-0.2, 0) is 21.4 Å². The summed E-state index contributed by atoms with van der Waals surface area (Å²) in [5.41, 5.74) is 6.98. The number of nitrogens with one attached hydrogen (secondary N) is 1. The number of anilines is 1. The second-order valence-electron chi connectivity index (χ2n) is 11.1. The Bertz CT molecular complexity index is 1690. The van der Waals surface area contributed by atoms with Gasteiger partial charge in [0.2, 0.25) is 0 Å². The van der Waals surface area contributed by atoms with Crippen molar-refractivity contribution in [1.82, 2.24) is 4.98 Å². The van der Waals surface area contributed by atoms with Gasteiger partial charge in [0.1, 0.15) is 6.07 Å². The summed E-state index contributed by atoms with van der Waals surface area (Å²) in [7, 11) is 0. The summed E-state index contributed by atoms with van der Waals surface area (Å²) in [4.78, 5) is 31.4. The van der Waals surface area contributed by atoms with Crippen molar-refractivity contribution in [1.29, 1.82) is 5.26 Å². The number of esters is 1. The number of benzene rings is 3. The molecule has 5 rings (SSSR count). The molecule has 0 bridgehead atoms. The molecule has 1 N–H and O–H groups in total. The van der Waals surface area contributed by atoms with Crippen molar-refractivity contribution in [3.05, 3.63) is 106 Å². The first-order valence-electron chi connectivity index (χ1n) is 13.4. The Morgan fingerprint density at radius 1 is 1.00 bits per heavy atom. The van der Waals surface area contributed by atoms with Crippen molar-refractivity contribution in [2.75, 3.05) is 5.32 Å². The highest BCUT2D eigenvalue weighted by Gasteiger charge is 2.29. The van der Waals surface area contributed by atoms with Gasteiger partial charge in [0.25, 0.3) is 5.91 Å². The second-order valence-corrected chi connectivity index (χ2v) is 11.1. The maximum Gasteiger partial charge on any atom is 0.339 e. The van der Waals surface area contributed by atoms with E-state index in [4.69, 9.17) is 9.72 Å². The summed E-state index contributed by atoms with van der Waals surface area (Å²) in [6.07, 6.45) is 2.47. The number of fused-ring (bicyclic) bond motifs is 2. The van der Waals surface area contributed by atoms with Crippen LogP contribution in [0.3, 0.4) is 0 Å². The largest absolute Gasteiger partial charge is 0.449 e. The molecule has 0 saturated carbocycles. The normalized spacial score (nSPS) is 14.4. The molecular weight excluding hydrogens is 498 g/mol. The van der Waals surface area contributed by atoms with E-state index in [2.05, 4.69) is 62.5 Å². The Labute approximate surface area is 234 Å². The van der Waals surface area contributed by atoms with Gasteiger partial charge in [0.05, 0.1) is 28.0 Å². The number of carbonyl (C=O) groups excluding carboxylic acids is 2. The number of hydrogen-bond donors (Lipinski definition) is 1. The van der Waals surface area contributed by atoms with Gasteiger partial charge < -0.3 is 10.1 Å². The zero-order chi connectivity index (χ0) is 28.4. The van der Waals surface area contributed by atoms with Crippen molar-refractivity contribution < 1.29 is 14.3 Å². The van der Waals surface area contributed by atoms with Crippen LogP contribution in [0.2, 0.25) is 0 Å². The highest BCUT2D eigenvalue weighted by molar-refractivity contribution is 6.08.